The lowest BCUT2D eigenvalue weighted by molar-refractivity contribution is -0.122. The first-order chi connectivity index (χ1) is 14.2. The Morgan fingerprint density at radius 1 is 1.17 bits per heavy atom. The number of fused-ring (bicyclic) bond motifs is 1. The first-order valence-corrected chi connectivity index (χ1v) is 10.2. The number of nitrogens with one attached hydrogen (secondary N) is 1. The van der Waals surface area contributed by atoms with E-state index < -0.39 is 0 Å². The van der Waals surface area contributed by atoms with Gasteiger partial charge in [0.15, 0.2) is 5.65 Å². The molecule has 1 aromatic carbocycles. The SMILES string of the molecule is Cc1cccc(OCCNC(=O)CN2CCC(c3nnc4ccccn34)CC2)c1. The molecule has 4 rings (SSSR count). The Hall–Kier alpha value is -2.93. The lowest BCUT2D eigenvalue weighted by atomic mass is 9.96. The molecule has 3 aromatic rings. The average Bonchev–Trinajstić information content (AvgIpc) is 3.16. The molecule has 0 atom stereocenters. The van der Waals surface area contributed by atoms with Crippen molar-refractivity contribution in [3.63, 3.8) is 0 Å². The zero-order valence-corrected chi connectivity index (χ0v) is 16.8. The first-order valence-electron chi connectivity index (χ1n) is 10.2. The monoisotopic (exact) mass is 393 g/mol. The van der Waals surface area contributed by atoms with Crippen LogP contribution in [0.1, 0.15) is 30.1 Å². The Morgan fingerprint density at radius 2 is 2.03 bits per heavy atom. The molecule has 2 aromatic heterocycles. The Kier molecular flexibility index (Phi) is 6.05. The Morgan fingerprint density at radius 3 is 2.86 bits per heavy atom. The smallest absolute Gasteiger partial charge is 0.234 e. The van der Waals surface area contributed by atoms with Crippen molar-refractivity contribution in [3.8, 4) is 5.75 Å². The van der Waals surface area contributed by atoms with Crippen LogP contribution in [0.25, 0.3) is 5.65 Å². The molecule has 1 fully saturated rings. The van der Waals surface area contributed by atoms with E-state index in [1.807, 2.05) is 55.6 Å². The number of aryl methyl sites for hydroxylation is 1. The largest absolute Gasteiger partial charge is 0.492 e. The number of rotatable bonds is 7. The molecule has 1 saturated heterocycles. The van der Waals surface area contributed by atoms with Crippen molar-refractivity contribution < 1.29 is 9.53 Å². The molecule has 7 heteroatoms. The molecule has 0 bridgehead atoms. The number of hydrogen-bond acceptors (Lipinski definition) is 5. The summed E-state index contributed by atoms with van der Waals surface area (Å²) in [4.78, 5) is 14.4. The number of nitrogens with zero attached hydrogens (tertiary/aromatic N) is 4. The van der Waals surface area contributed by atoms with E-state index in [-0.39, 0.29) is 5.91 Å². The maximum absolute atomic E-state index is 12.2. The van der Waals surface area contributed by atoms with Gasteiger partial charge in [-0.3, -0.25) is 14.1 Å². The van der Waals surface area contributed by atoms with Gasteiger partial charge in [0.05, 0.1) is 13.1 Å². The van der Waals surface area contributed by atoms with Gasteiger partial charge >= 0.3 is 0 Å². The highest BCUT2D eigenvalue weighted by atomic mass is 16.5. The average molecular weight is 393 g/mol. The number of piperidine rings is 1. The summed E-state index contributed by atoms with van der Waals surface area (Å²) < 4.78 is 7.74. The minimum Gasteiger partial charge on any atom is -0.492 e. The predicted octanol–water partition coefficient (Wildman–Crippen LogP) is 2.41. The maximum atomic E-state index is 12.2. The van der Waals surface area contributed by atoms with E-state index in [4.69, 9.17) is 4.74 Å². The topological polar surface area (TPSA) is 71.8 Å². The van der Waals surface area contributed by atoms with Crippen molar-refractivity contribution in [2.45, 2.75) is 25.7 Å². The summed E-state index contributed by atoms with van der Waals surface area (Å²) in [6, 6.07) is 13.9. The van der Waals surface area contributed by atoms with E-state index in [0.717, 1.165) is 48.7 Å². The van der Waals surface area contributed by atoms with E-state index in [1.54, 1.807) is 0 Å². The highest BCUT2D eigenvalue weighted by molar-refractivity contribution is 5.78. The fraction of sp³-hybridized carbons (Fsp3) is 0.409. The number of aromatic nitrogens is 3. The van der Waals surface area contributed by atoms with E-state index in [1.165, 1.54) is 0 Å². The molecular weight excluding hydrogens is 366 g/mol. The minimum absolute atomic E-state index is 0.0456. The molecule has 0 unspecified atom stereocenters. The van der Waals surface area contributed by atoms with Crippen molar-refractivity contribution in [3.05, 3.63) is 60.0 Å². The van der Waals surface area contributed by atoms with Crippen LogP contribution in [0.2, 0.25) is 0 Å². The van der Waals surface area contributed by atoms with Gasteiger partial charge in [-0.05, 0) is 62.7 Å². The van der Waals surface area contributed by atoms with Gasteiger partial charge in [0.1, 0.15) is 18.2 Å². The van der Waals surface area contributed by atoms with Crippen LogP contribution in [0.3, 0.4) is 0 Å². The summed E-state index contributed by atoms with van der Waals surface area (Å²) in [5.74, 6) is 2.29. The summed E-state index contributed by atoms with van der Waals surface area (Å²) >= 11 is 0. The zero-order valence-electron chi connectivity index (χ0n) is 16.8. The van der Waals surface area contributed by atoms with E-state index in [9.17, 15) is 4.79 Å². The van der Waals surface area contributed by atoms with Gasteiger partial charge in [-0.25, -0.2) is 0 Å². The maximum Gasteiger partial charge on any atom is 0.234 e. The van der Waals surface area contributed by atoms with Crippen LogP contribution in [0.4, 0.5) is 0 Å². The van der Waals surface area contributed by atoms with Crippen molar-refractivity contribution in [1.29, 1.82) is 0 Å². The third-order valence-corrected chi connectivity index (χ3v) is 5.34. The van der Waals surface area contributed by atoms with E-state index in [2.05, 4.69) is 24.8 Å². The van der Waals surface area contributed by atoms with E-state index >= 15 is 0 Å². The molecule has 0 radical (unpaired) electrons. The van der Waals surface area contributed by atoms with Gasteiger partial charge in [0, 0.05) is 12.1 Å². The highest BCUT2D eigenvalue weighted by Gasteiger charge is 2.25. The summed E-state index contributed by atoms with van der Waals surface area (Å²) in [5.41, 5.74) is 2.05. The molecule has 3 heterocycles. The van der Waals surface area contributed by atoms with Crippen LogP contribution in [0.5, 0.6) is 5.75 Å². The third-order valence-electron chi connectivity index (χ3n) is 5.34. The van der Waals surface area contributed by atoms with Crippen LogP contribution >= 0.6 is 0 Å². The van der Waals surface area contributed by atoms with Crippen LogP contribution in [0, 0.1) is 6.92 Å². The second-order valence-corrected chi connectivity index (χ2v) is 7.55. The number of carbonyl (C=O) groups is 1. The second kappa shape index (κ2) is 9.05. The molecule has 7 nitrogen and oxygen atoms in total. The summed E-state index contributed by atoms with van der Waals surface area (Å²) in [6.45, 7) is 5.21. The molecule has 1 aliphatic rings. The summed E-state index contributed by atoms with van der Waals surface area (Å²) in [6.07, 6.45) is 3.99. The summed E-state index contributed by atoms with van der Waals surface area (Å²) in [7, 11) is 0. The van der Waals surface area contributed by atoms with Crippen molar-refractivity contribution in [1.82, 2.24) is 24.8 Å². The second-order valence-electron chi connectivity index (χ2n) is 7.55. The number of likely N-dealkylation sites (tertiary alicyclic amines) is 1. The van der Waals surface area contributed by atoms with Gasteiger partial charge in [-0.2, -0.15) is 0 Å². The molecule has 0 saturated carbocycles. The molecule has 152 valence electrons. The minimum atomic E-state index is 0.0456. The Bertz CT molecular complexity index is 963. The van der Waals surface area contributed by atoms with Crippen molar-refractivity contribution >= 4 is 11.6 Å². The Balaban J connectivity index is 1.18. The molecule has 1 amide bonds. The quantitative estimate of drug-likeness (QED) is 0.624. The van der Waals surface area contributed by atoms with Crippen LogP contribution in [-0.4, -0.2) is 58.2 Å². The highest BCUT2D eigenvalue weighted by Crippen LogP contribution is 2.26. The van der Waals surface area contributed by atoms with Gasteiger partial charge in [0.25, 0.3) is 0 Å². The molecule has 0 aliphatic carbocycles. The number of carbonyl (C=O) groups excluding carboxylic acids is 1. The molecule has 0 spiro atoms. The number of benzene rings is 1. The number of hydrogen-bond donors (Lipinski definition) is 1. The fourth-order valence-corrected chi connectivity index (χ4v) is 3.81. The van der Waals surface area contributed by atoms with Gasteiger partial charge in [0.2, 0.25) is 5.91 Å². The van der Waals surface area contributed by atoms with Crippen LogP contribution in [0.15, 0.2) is 48.7 Å². The van der Waals surface area contributed by atoms with Crippen LogP contribution in [-0.2, 0) is 4.79 Å². The normalized spacial score (nSPS) is 15.5. The van der Waals surface area contributed by atoms with Crippen molar-refractivity contribution in [2.75, 3.05) is 32.8 Å². The standard InChI is InChI=1S/C22H27N5O2/c1-17-5-4-6-19(15-17)29-14-10-23-21(28)16-26-12-8-18(9-13-26)22-25-24-20-7-2-3-11-27(20)22/h2-7,11,15,18H,8-10,12-14,16H2,1H3,(H,23,28). The third kappa shape index (κ3) is 4.92. The van der Waals surface area contributed by atoms with Gasteiger partial charge in [-0.15, -0.1) is 10.2 Å². The first kappa shape index (κ1) is 19.4. The predicted molar refractivity (Wildman–Crippen MR) is 111 cm³/mol. The molecule has 29 heavy (non-hydrogen) atoms. The number of amides is 1. The fourth-order valence-electron chi connectivity index (χ4n) is 3.81. The van der Waals surface area contributed by atoms with E-state index in [0.29, 0.717) is 25.6 Å². The number of pyridine rings is 1. The Labute approximate surface area is 170 Å². The lowest BCUT2D eigenvalue weighted by Gasteiger charge is -2.30. The zero-order chi connectivity index (χ0) is 20.1. The lowest BCUT2D eigenvalue weighted by Crippen LogP contribution is -2.42. The summed E-state index contributed by atoms with van der Waals surface area (Å²) in [5, 5.41) is 11.6. The van der Waals surface area contributed by atoms with Crippen molar-refractivity contribution in [2.24, 2.45) is 0 Å². The van der Waals surface area contributed by atoms with Crippen LogP contribution < -0.4 is 10.1 Å². The van der Waals surface area contributed by atoms with Gasteiger partial charge in [-0.1, -0.05) is 18.2 Å². The molecule has 1 aliphatic heterocycles. The molecular formula is C22H27N5O2. The number of ether oxygens (including phenoxy) is 1. The molecule has 1 N–H and O–H groups in total. The van der Waals surface area contributed by atoms with Gasteiger partial charge < -0.3 is 10.1 Å².